The molecular weight excluding hydrogens is 320 g/mol. The molecule has 3 rings (SSSR count). The second kappa shape index (κ2) is 7.83. The van der Waals surface area contributed by atoms with E-state index in [2.05, 4.69) is 17.0 Å². The van der Waals surface area contributed by atoms with Gasteiger partial charge in [-0.2, -0.15) is 0 Å². The minimum Gasteiger partial charge on any atom is -0.497 e. The molecule has 3 nitrogen and oxygen atoms in total. The molecule has 0 fully saturated rings. The maximum Gasteiger partial charge on any atom is 0.270 e. The molecule has 0 aromatic heterocycles. The number of rotatable bonds is 4. The molecule has 124 valence electrons. The maximum absolute atomic E-state index is 9.41. The van der Waals surface area contributed by atoms with Gasteiger partial charge in [0.25, 0.3) is 5.70 Å². The zero-order valence-corrected chi connectivity index (χ0v) is 14.3. The van der Waals surface area contributed by atoms with Gasteiger partial charge in [0.1, 0.15) is 5.75 Å². The molecule has 26 heavy (non-hydrogen) atoms. The Labute approximate surface area is 153 Å². The summed E-state index contributed by atoms with van der Waals surface area (Å²) in [4.78, 5) is 3.42. The Morgan fingerprint density at radius 1 is 0.846 bits per heavy atom. The summed E-state index contributed by atoms with van der Waals surface area (Å²) >= 11 is 0. The van der Waals surface area contributed by atoms with Gasteiger partial charge in [-0.15, -0.1) is 0 Å². The molecular formula is C23H16N2O. The third kappa shape index (κ3) is 3.48. The summed E-state index contributed by atoms with van der Waals surface area (Å²) in [6.07, 6.45) is 0. The Morgan fingerprint density at radius 3 is 1.88 bits per heavy atom. The van der Waals surface area contributed by atoms with Crippen LogP contribution < -0.4 is 4.74 Å². The van der Waals surface area contributed by atoms with Gasteiger partial charge >= 0.3 is 0 Å². The molecule has 0 amide bonds. The molecule has 0 radical (unpaired) electrons. The van der Waals surface area contributed by atoms with Crippen molar-refractivity contribution in [1.82, 2.24) is 0 Å². The Kier molecular flexibility index (Phi) is 5.13. The minimum absolute atomic E-state index is 0.0719. The fourth-order valence-electron chi connectivity index (χ4n) is 2.79. The molecule has 0 bridgehead atoms. The smallest absolute Gasteiger partial charge is 0.270 e. The summed E-state index contributed by atoms with van der Waals surface area (Å²) in [5.41, 5.74) is 4.56. The molecule has 0 spiro atoms. The van der Waals surface area contributed by atoms with Crippen molar-refractivity contribution in [1.29, 1.82) is 5.26 Å². The number of nitriles is 1. The molecule has 0 N–H and O–H groups in total. The average molecular weight is 336 g/mol. The van der Waals surface area contributed by atoms with Crippen LogP contribution in [0.1, 0.15) is 11.1 Å². The first kappa shape index (κ1) is 17.0. The standard InChI is InChI=1S/C23H16N2O/c1-25-22(16-24)23(20-12-14-21(26-2)15-13-20)19-10-8-18(9-11-19)17-6-4-3-5-7-17/h3-15H,2H3/b23-22-. The largest absolute Gasteiger partial charge is 0.497 e. The molecule has 3 aromatic rings. The van der Waals surface area contributed by atoms with E-state index in [-0.39, 0.29) is 5.70 Å². The van der Waals surface area contributed by atoms with Gasteiger partial charge in [0.15, 0.2) is 0 Å². The van der Waals surface area contributed by atoms with Crippen LogP contribution in [0, 0.1) is 17.9 Å². The van der Waals surface area contributed by atoms with Crippen molar-refractivity contribution < 1.29 is 4.74 Å². The number of benzene rings is 3. The normalized spacial score (nSPS) is 11.0. The van der Waals surface area contributed by atoms with Gasteiger partial charge in [0, 0.05) is 5.57 Å². The lowest BCUT2D eigenvalue weighted by Gasteiger charge is -2.11. The fourth-order valence-corrected chi connectivity index (χ4v) is 2.79. The lowest BCUT2D eigenvalue weighted by atomic mass is 9.94. The molecule has 0 aliphatic rings. The van der Waals surface area contributed by atoms with Gasteiger partial charge in [0.05, 0.1) is 19.8 Å². The van der Waals surface area contributed by atoms with E-state index in [4.69, 9.17) is 11.3 Å². The van der Waals surface area contributed by atoms with E-state index in [1.54, 1.807) is 7.11 Å². The molecule has 0 atom stereocenters. The van der Waals surface area contributed by atoms with Crippen molar-refractivity contribution >= 4 is 5.57 Å². The van der Waals surface area contributed by atoms with Crippen LogP contribution in [0.15, 0.2) is 84.6 Å². The molecule has 3 aromatic carbocycles. The quantitative estimate of drug-likeness (QED) is 0.462. The highest BCUT2D eigenvalue weighted by molar-refractivity contribution is 5.86. The predicted molar refractivity (Wildman–Crippen MR) is 103 cm³/mol. The molecule has 0 unspecified atom stereocenters. The number of nitrogens with zero attached hydrogens (tertiary/aromatic N) is 2. The van der Waals surface area contributed by atoms with Crippen molar-refractivity contribution in [3.8, 4) is 22.9 Å². The van der Waals surface area contributed by atoms with Crippen molar-refractivity contribution in [3.63, 3.8) is 0 Å². The molecule has 0 saturated carbocycles. The van der Waals surface area contributed by atoms with Gasteiger partial charge in [0.2, 0.25) is 0 Å². The summed E-state index contributed by atoms with van der Waals surface area (Å²) in [5.74, 6) is 0.730. The van der Waals surface area contributed by atoms with Crippen molar-refractivity contribution in [2.24, 2.45) is 0 Å². The predicted octanol–water partition coefficient (Wildman–Crippen LogP) is 5.56. The summed E-state index contributed by atoms with van der Waals surface area (Å²) in [7, 11) is 1.61. The second-order valence-corrected chi connectivity index (χ2v) is 5.62. The second-order valence-electron chi connectivity index (χ2n) is 5.62. The first-order chi connectivity index (χ1) is 12.8. The van der Waals surface area contributed by atoms with E-state index in [0.29, 0.717) is 5.57 Å². The first-order valence-electron chi connectivity index (χ1n) is 8.09. The van der Waals surface area contributed by atoms with Gasteiger partial charge < -0.3 is 4.74 Å². The lowest BCUT2D eigenvalue weighted by Crippen LogP contribution is -1.92. The number of hydrogen-bond donors (Lipinski definition) is 0. The highest BCUT2D eigenvalue weighted by Crippen LogP contribution is 2.30. The number of methoxy groups -OCH3 is 1. The van der Waals surface area contributed by atoms with Crippen molar-refractivity contribution in [3.05, 3.63) is 107 Å². The minimum atomic E-state index is 0.0719. The van der Waals surface area contributed by atoms with Crippen LogP contribution in [-0.4, -0.2) is 7.11 Å². The van der Waals surface area contributed by atoms with Crippen molar-refractivity contribution in [2.75, 3.05) is 7.11 Å². The summed E-state index contributed by atoms with van der Waals surface area (Å²) in [5, 5.41) is 9.41. The summed E-state index contributed by atoms with van der Waals surface area (Å²) in [6.45, 7) is 7.36. The van der Waals surface area contributed by atoms with Gasteiger partial charge in [-0.05, 0) is 34.4 Å². The van der Waals surface area contributed by atoms with Gasteiger partial charge in [-0.3, -0.25) is 0 Å². The molecule has 0 aliphatic carbocycles. The van der Waals surface area contributed by atoms with Crippen LogP contribution in [-0.2, 0) is 0 Å². The Hall–Kier alpha value is -3.82. The zero-order valence-electron chi connectivity index (χ0n) is 14.3. The first-order valence-corrected chi connectivity index (χ1v) is 8.09. The zero-order chi connectivity index (χ0) is 18.4. The van der Waals surface area contributed by atoms with Crippen LogP contribution in [0.2, 0.25) is 0 Å². The third-order valence-corrected chi connectivity index (χ3v) is 4.11. The topological polar surface area (TPSA) is 37.4 Å². The van der Waals surface area contributed by atoms with Crippen LogP contribution >= 0.6 is 0 Å². The van der Waals surface area contributed by atoms with Crippen LogP contribution in [0.4, 0.5) is 0 Å². The SMILES string of the molecule is [C-]#[N+]/C(C#N)=C(\c1ccc(OC)cc1)c1ccc(-c2ccccc2)cc1. The van der Waals surface area contributed by atoms with E-state index in [9.17, 15) is 5.26 Å². The van der Waals surface area contributed by atoms with E-state index in [0.717, 1.165) is 28.0 Å². The number of allylic oxidation sites excluding steroid dienone is 1. The summed E-state index contributed by atoms with van der Waals surface area (Å²) < 4.78 is 5.19. The van der Waals surface area contributed by atoms with E-state index in [1.165, 1.54) is 0 Å². The molecule has 0 aliphatic heterocycles. The molecule has 0 saturated heterocycles. The lowest BCUT2D eigenvalue weighted by molar-refractivity contribution is 0.415. The number of ether oxygens (including phenoxy) is 1. The highest BCUT2D eigenvalue weighted by Gasteiger charge is 2.12. The van der Waals surface area contributed by atoms with E-state index >= 15 is 0 Å². The Balaban J connectivity index is 2.07. The van der Waals surface area contributed by atoms with E-state index in [1.807, 2.05) is 72.8 Å². The summed E-state index contributed by atoms with van der Waals surface area (Å²) in [6, 6.07) is 27.4. The van der Waals surface area contributed by atoms with Crippen molar-refractivity contribution in [2.45, 2.75) is 0 Å². The fraction of sp³-hybridized carbons (Fsp3) is 0.0435. The van der Waals surface area contributed by atoms with Gasteiger partial charge in [-0.25, -0.2) is 10.1 Å². The molecule has 0 heterocycles. The monoisotopic (exact) mass is 336 g/mol. The Morgan fingerprint density at radius 2 is 1.38 bits per heavy atom. The van der Waals surface area contributed by atoms with E-state index < -0.39 is 0 Å². The Bertz CT molecular complexity index is 987. The van der Waals surface area contributed by atoms with Gasteiger partial charge in [-0.1, -0.05) is 66.7 Å². The van der Waals surface area contributed by atoms with Crippen LogP contribution in [0.25, 0.3) is 21.5 Å². The van der Waals surface area contributed by atoms with Crippen LogP contribution in [0.3, 0.4) is 0 Å². The van der Waals surface area contributed by atoms with Crippen LogP contribution in [0.5, 0.6) is 5.75 Å². The third-order valence-electron chi connectivity index (χ3n) is 4.11. The average Bonchev–Trinajstić information content (AvgIpc) is 2.73. The number of hydrogen-bond acceptors (Lipinski definition) is 2. The maximum atomic E-state index is 9.41. The highest BCUT2D eigenvalue weighted by atomic mass is 16.5. The molecule has 3 heteroatoms.